The molecule has 0 aliphatic carbocycles. The van der Waals surface area contributed by atoms with Crippen LogP contribution in [0.5, 0.6) is 5.75 Å². The zero-order chi connectivity index (χ0) is 15.5. The van der Waals surface area contributed by atoms with Gasteiger partial charge in [0.2, 0.25) is 0 Å². The van der Waals surface area contributed by atoms with Crippen LogP contribution in [0.2, 0.25) is 0 Å². The summed E-state index contributed by atoms with van der Waals surface area (Å²) in [4.78, 5) is 0. The van der Waals surface area contributed by atoms with Crippen molar-refractivity contribution in [1.29, 1.82) is 0 Å². The number of alkyl halides is 3. The van der Waals surface area contributed by atoms with E-state index in [-0.39, 0.29) is 17.5 Å². The third kappa shape index (κ3) is 5.00. The van der Waals surface area contributed by atoms with Crippen molar-refractivity contribution in [2.24, 2.45) is 0 Å². The van der Waals surface area contributed by atoms with E-state index in [9.17, 15) is 13.2 Å². The van der Waals surface area contributed by atoms with Gasteiger partial charge in [-0.25, -0.2) is 0 Å². The van der Waals surface area contributed by atoms with Crippen molar-refractivity contribution in [1.82, 2.24) is 0 Å². The van der Waals surface area contributed by atoms with E-state index >= 15 is 0 Å². The normalized spacial score (nSPS) is 13.0. The fourth-order valence-electron chi connectivity index (χ4n) is 1.87. The number of nitrogens with one attached hydrogen (secondary N) is 1. The number of hydrogen-bond acceptors (Lipinski definition) is 3. The Balaban J connectivity index is 2.11. The first kappa shape index (κ1) is 15.8. The highest BCUT2D eigenvalue weighted by Crippen LogP contribution is 2.33. The molecule has 1 unspecified atom stereocenters. The maximum Gasteiger partial charge on any atom is 0.573 e. The highest BCUT2D eigenvalue weighted by molar-refractivity contribution is 9.10. The highest BCUT2D eigenvalue weighted by atomic mass is 79.9. The SMILES string of the molecule is CC(Cc1ccco1)Nc1ccc(Br)cc1OC(F)(F)F. The molecule has 0 saturated carbocycles. The zero-order valence-corrected chi connectivity index (χ0v) is 12.7. The Morgan fingerprint density at radius 2 is 2.10 bits per heavy atom. The number of benzene rings is 1. The van der Waals surface area contributed by atoms with Crippen LogP contribution < -0.4 is 10.1 Å². The number of hydrogen-bond donors (Lipinski definition) is 1. The number of rotatable bonds is 5. The van der Waals surface area contributed by atoms with Gasteiger partial charge in [-0.3, -0.25) is 0 Å². The molecule has 2 aromatic rings. The summed E-state index contributed by atoms with van der Waals surface area (Å²) in [6.07, 6.45) is -2.63. The molecule has 7 heteroatoms. The molecule has 0 bridgehead atoms. The average molecular weight is 364 g/mol. The molecule has 1 N–H and O–H groups in total. The number of halogens is 4. The highest BCUT2D eigenvalue weighted by Gasteiger charge is 2.32. The zero-order valence-electron chi connectivity index (χ0n) is 11.1. The molecule has 3 nitrogen and oxygen atoms in total. The topological polar surface area (TPSA) is 34.4 Å². The van der Waals surface area contributed by atoms with Gasteiger partial charge in [-0.05, 0) is 37.3 Å². The lowest BCUT2D eigenvalue weighted by atomic mass is 10.2. The lowest BCUT2D eigenvalue weighted by Gasteiger charge is -2.18. The molecule has 0 aliphatic heterocycles. The summed E-state index contributed by atoms with van der Waals surface area (Å²) in [5.74, 6) is 0.480. The van der Waals surface area contributed by atoms with E-state index < -0.39 is 6.36 Å². The lowest BCUT2D eigenvalue weighted by Crippen LogP contribution is -2.21. The quantitative estimate of drug-likeness (QED) is 0.812. The second-order valence-corrected chi connectivity index (χ2v) is 5.43. The fourth-order valence-corrected chi connectivity index (χ4v) is 2.21. The minimum absolute atomic E-state index is 0.118. The van der Waals surface area contributed by atoms with Crippen LogP contribution in [0.1, 0.15) is 12.7 Å². The molecule has 0 fully saturated rings. The van der Waals surface area contributed by atoms with Crippen LogP contribution in [0.25, 0.3) is 0 Å². The Kier molecular flexibility index (Phi) is 4.82. The molecule has 21 heavy (non-hydrogen) atoms. The monoisotopic (exact) mass is 363 g/mol. The molecule has 1 aromatic heterocycles. The van der Waals surface area contributed by atoms with Gasteiger partial charge in [-0.15, -0.1) is 13.2 Å². The number of furan rings is 1. The first-order valence-electron chi connectivity index (χ1n) is 6.18. The van der Waals surface area contributed by atoms with Crippen molar-refractivity contribution in [2.45, 2.75) is 25.7 Å². The summed E-state index contributed by atoms with van der Waals surface area (Å²) in [6.45, 7) is 1.85. The van der Waals surface area contributed by atoms with Crippen molar-refractivity contribution in [3.05, 3.63) is 46.8 Å². The van der Waals surface area contributed by atoms with Crippen LogP contribution in [0.4, 0.5) is 18.9 Å². The van der Waals surface area contributed by atoms with Crippen molar-refractivity contribution in [3.63, 3.8) is 0 Å². The van der Waals surface area contributed by atoms with E-state index in [0.717, 1.165) is 5.76 Å². The minimum atomic E-state index is -4.73. The fraction of sp³-hybridized carbons (Fsp3) is 0.286. The standard InChI is InChI=1S/C14H13BrF3NO2/c1-9(7-11-3-2-6-20-11)19-12-5-4-10(15)8-13(12)21-14(16,17)18/h2-6,8-9,19H,7H2,1H3. The van der Waals surface area contributed by atoms with E-state index in [0.29, 0.717) is 10.9 Å². The van der Waals surface area contributed by atoms with Gasteiger partial charge in [0.25, 0.3) is 0 Å². The molecule has 0 spiro atoms. The van der Waals surface area contributed by atoms with Crippen LogP contribution in [0, 0.1) is 0 Å². The predicted molar refractivity (Wildman–Crippen MR) is 76.3 cm³/mol. The summed E-state index contributed by atoms with van der Waals surface area (Å²) in [6, 6.07) is 7.91. The van der Waals surface area contributed by atoms with Gasteiger partial charge in [-0.1, -0.05) is 15.9 Å². The molecule has 1 atom stereocenters. The van der Waals surface area contributed by atoms with Gasteiger partial charge in [0.05, 0.1) is 12.0 Å². The third-order valence-electron chi connectivity index (χ3n) is 2.66. The second-order valence-electron chi connectivity index (χ2n) is 4.52. The molecular weight excluding hydrogens is 351 g/mol. The second kappa shape index (κ2) is 6.43. The van der Waals surface area contributed by atoms with Gasteiger partial charge in [0.15, 0.2) is 5.75 Å². The van der Waals surface area contributed by atoms with Crippen molar-refractivity contribution in [2.75, 3.05) is 5.32 Å². The van der Waals surface area contributed by atoms with Crippen molar-refractivity contribution < 1.29 is 22.3 Å². The lowest BCUT2D eigenvalue weighted by molar-refractivity contribution is -0.274. The molecule has 0 amide bonds. The summed E-state index contributed by atoms with van der Waals surface area (Å²) in [7, 11) is 0. The van der Waals surface area contributed by atoms with Crippen LogP contribution in [-0.4, -0.2) is 12.4 Å². The van der Waals surface area contributed by atoms with Crippen LogP contribution in [0.3, 0.4) is 0 Å². The third-order valence-corrected chi connectivity index (χ3v) is 3.15. The molecule has 114 valence electrons. The summed E-state index contributed by atoms with van der Waals surface area (Å²) >= 11 is 3.13. The van der Waals surface area contributed by atoms with Gasteiger partial charge in [-0.2, -0.15) is 0 Å². The van der Waals surface area contributed by atoms with Gasteiger partial charge >= 0.3 is 6.36 Å². The van der Waals surface area contributed by atoms with Crippen molar-refractivity contribution >= 4 is 21.6 Å². The van der Waals surface area contributed by atoms with Gasteiger partial charge in [0, 0.05) is 16.9 Å². The Morgan fingerprint density at radius 3 is 2.71 bits per heavy atom. The van der Waals surface area contributed by atoms with Gasteiger partial charge in [0.1, 0.15) is 5.76 Å². The summed E-state index contributed by atoms with van der Waals surface area (Å²) < 4.78 is 47.0. The maximum absolute atomic E-state index is 12.4. The summed E-state index contributed by atoms with van der Waals surface area (Å²) in [5.41, 5.74) is 0.273. The Labute approximate surface area is 128 Å². The van der Waals surface area contributed by atoms with E-state index in [2.05, 4.69) is 26.0 Å². The first-order valence-corrected chi connectivity index (χ1v) is 6.97. The molecule has 1 heterocycles. The van der Waals surface area contributed by atoms with E-state index in [1.165, 1.54) is 12.1 Å². The largest absolute Gasteiger partial charge is 0.573 e. The Bertz CT molecular complexity index is 584. The smallest absolute Gasteiger partial charge is 0.469 e. The predicted octanol–water partition coefficient (Wildman–Crippen LogP) is 4.98. The number of anilines is 1. The Morgan fingerprint density at radius 1 is 1.33 bits per heavy atom. The van der Waals surface area contributed by atoms with Crippen LogP contribution in [0.15, 0.2) is 45.5 Å². The minimum Gasteiger partial charge on any atom is -0.469 e. The van der Waals surface area contributed by atoms with E-state index in [1.807, 2.05) is 13.0 Å². The maximum atomic E-state index is 12.4. The molecule has 0 saturated heterocycles. The molecule has 0 aliphatic rings. The number of ether oxygens (including phenoxy) is 1. The average Bonchev–Trinajstić information content (AvgIpc) is 2.83. The summed E-state index contributed by atoms with van der Waals surface area (Å²) in [5, 5.41) is 2.99. The van der Waals surface area contributed by atoms with Crippen LogP contribution in [-0.2, 0) is 6.42 Å². The molecule has 2 rings (SSSR count). The van der Waals surface area contributed by atoms with Crippen LogP contribution >= 0.6 is 15.9 Å². The molecule has 0 radical (unpaired) electrons. The van der Waals surface area contributed by atoms with E-state index in [4.69, 9.17) is 4.42 Å². The Hall–Kier alpha value is -1.63. The molecular formula is C14H13BrF3NO2. The van der Waals surface area contributed by atoms with Gasteiger partial charge < -0.3 is 14.5 Å². The first-order chi connectivity index (χ1) is 9.83. The van der Waals surface area contributed by atoms with Crippen molar-refractivity contribution in [3.8, 4) is 5.75 Å². The molecule has 1 aromatic carbocycles. The van der Waals surface area contributed by atoms with E-state index in [1.54, 1.807) is 18.4 Å².